The van der Waals surface area contributed by atoms with Gasteiger partial charge in [0.25, 0.3) is 0 Å². The minimum Gasteiger partial charge on any atom is -0.497 e. The molecule has 2 aromatic rings. The van der Waals surface area contributed by atoms with Crippen molar-refractivity contribution in [1.82, 2.24) is 14.7 Å². The predicted molar refractivity (Wildman–Crippen MR) is 124 cm³/mol. The summed E-state index contributed by atoms with van der Waals surface area (Å²) in [5.41, 5.74) is 2.06. The SMILES string of the molecule is COc1ccc(CN2CC3(CCC(c4ccccc4)(N(C)C)CC3)N(CC#N)C2=O)cc1. The van der Waals surface area contributed by atoms with Crippen molar-refractivity contribution in [3.63, 3.8) is 0 Å². The highest BCUT2D eigenvalue weighted by Crippen LogP contribution is 2.49. The maximum absolute atomic E-state index is 13.3. The minimum atomic E-state index is -0.284. The number of amides is 2. The van der Waals surface area contributed by atoms with E-state index in [-0.39, 0.29) is 23.7 Å². The van der Waals surface area contributed by atoms with Crippen LogP contribution in [0.5, 0.6) is 5.75 Å². The van der Waals surface area contributed by atoms with Crippen molar-refractivity contribution in [1.29, 1.82) is 5.26 Å². The molecule has 1 saturated carbocycles. The van der Waals surface area contributed by atoms with Gasteiger partial charge in [-0.2, -0.15) is 5.26 Å². The van der Waals surface area contributed by atoms with Gasteiger partial charge in [0, 0.05) is 18.6 Å². The van der Waals surface area contributed by atoms with Crippen LogP contribution in [0.25, 0.3) is 0 Å². The van der Waals surface area contributed by atoms with E-state index in [0.717, 1.165) is 37.0 Å². The number of carbonyl (C=O) groups excluding carboxylic acids is 1. The van der Waals surface area contributed by atoms with E-state index in [9.17, 15) is 10.1 Å². The highest BCUT2D eigenvalue weighted by atomic mass is 16.5. The molecule has 6 nitrogen and oxygen atoms in total. The number of ether oxygens (including phenoxy) is 1. The summed E-state index contributed by atoms with van der Waals surface area (Å²) < 4.78 is 5.25. The van der Waals surface area contributed by atoms with Crippen molar-refractivity contribution < 1.29 is 9.53 Å². The second-order valence-electron chi connectivity index (χ2n) is 9.25. The van der Waals surface area contributed by atoms with Crippen LogP contribution in [-0.4, -0.2) is 60.6 Å². The number of benzene rings is 2. The molecule has 0 bridgehead atoms. The van der Waals surface area contributed by atoms with Crippen molar-refractivity contribution in [2.45, 2.75) is 43.3 Å². The lowest BCUT2D eigenvalue weighted by Gasteiger charge is -2.50. The second kappa shape index (κ2) is 8.84. The molecule has 2 amide bonds. The van der Waals surface area contributed by atoms with E-state index < -0.39 is 0 Å². The van der Waals surface area contributed by atoms with E-state index in [1.807, 2.05) is 34.1 Å². The first-order chi connectivity index (χ1) is 15.4. The van der Waals surface area contributed by atoms with E-state index in [1.54, 1.807) is 7.11 Å². The summed E-state index contributed by atoms with van der Waals surface area (Å²) in [6, 6.07) is 20.7. The Morgan fingerprint density at radius 2 is 1.69 bits per heavy atom. The van der Waals surface area contributed by atoms with Crippen LogP contribution in [0.4, 0.5) is 4.79 Å². The standard InChI is InChI=1S/C26H32N4O2/c1-28(2)26(22-7-5-4-6-8-22)15-13-25(14-16-26)20-29(24(31)30(25)18-17-27)19-21-9-11-23(32-3)12-10-21/h4-12H,13-16,18-20H2,1-3H3. The maximum atomic E-state index is 13.3. The predicted octanol–water partition coefficient (Wildman–Crippen LogP) is 4.23. The van der Waals surface area contributed by atoms with E-state index in [4.69, 9.17) is 4.74 Å². The van der Waals surface area contributed by atoms with Crippen molar-refractivity contribution in [3.8, 4) is 11.8 Å². The Hall–Kier alpha value is -3.04. The van der Waals surface area contributed by atoms with Crippen molar-refractivity contribution >= 4 is 6.03 Å². The molecule has 2 fully saturated rings. The van der Waals surface area contributed by atoms with Gasteiger partial charge < -0.3 is 14.5 Å². The molecule has 0 aromatic heterocycles. The minimum absolute atomic E-state index is 0.0283. The molecule has 1 aliphatic heterocycles. The molecule has 2 aliphatic rings. The van der Waals surface area contributed by atoms with Gasteiger partial charge in [0.05, 0.1) is 18.7 Å². The summed E-state index contributed by atoms with van der Waals surface area (Å²) >= 11 is 0. The first-order valence-electron chi connectivity index (χ1n) is 11.2. The Labute approximate surface area is 191 Å². The molecule has 1 heterocycles. The van der Waals surface area contributed by atoms with Gasteiger partial charge in [0.2, 0.25) is 0 Å². The van der Waals surface area contributed by atoms with Gasteiger partial charge >= 0.3 is 6.03 Å². The highest BCUT2D eigenvalue weighted by Gasteiger charge is 2.54. The van der Waals surface area contributed by atoms with Crippen LogP contribution in [0.3, 0.4) is 0 Å². The zero-order valence-corrected chi connectivity index (χ0v) is 19.3. The van der Waals surface area contributed by atoms with Crippen LogP contribution >= 0.6 is 0 Å². The molecule has 0 N–H and O–H groups in total. The molecule has 4 rings (SSSR count). The zero-order valence-electron chi connectivity index (χ0n) is 19.3. The van der Waals surface area contributed by atoms with Crippen molar-refractivity contribution in [2.75, 3.05) is 34.3 Å². The highest BCUT2D eigenvalue weighted by molar-refractivity contribution is 5.78. The van der Waals surface area contributed by atoms with E-state index in [2.05, 4.69) is 55.4 Å². The molecular formula is C26H32N4O2. The van der Waals surface area contributed by atoms with Crippen LogP contribution in [-0.2, 0) is 12.1 Å². The first-order valence-corrected chi connectivity index (χ1v) is 11.2. The average Bonchev–Trinajstić information content (AvgIpc) is 3.06. The molecule has 0 unspecified atom stereocenters. The number of hydrogen-bond donors (Lipinski definition) is 0. The Balaban J connectivity index is 1.56. The summed E-state index contributed by atoms with van der Waals surface area (Å²) in [4.78, 5) is 19.4. The monoisotopic (exact) mass is 432 g/mol. The lowest BCUT2D eigenvalue weighted by Crippen LogP contribution is -2.55. The molecule has 168 valence electrons. The fraction of sp³-hybridized carbons (Fsp3) is 0.462. The molecule has 1 saturated heterocycles. The zero-order chi connectivity index (χ0) is 22.8. The lowest BCUT2D eigenvalue weighted by molar-refractivity contribution is 0.0283. The Bertz CT molecular complexity index is 973. The third kappa shape index (κ3) is 3.82. The topological polar surface area (TPSA) is 59.8 Å². The van der Waals surface area contributed by atoms with Gasteiger partial charge in [0.15, 0.2) is 0 Å². The van der Waals surface area contributed by atoms with Crippen LogP contribution in [0.1, 0.15) is 36.8 Å². The first kappa shape index (κ1) is 22.2. The molecule has 1 aliphatic carbocycles. The van der Waals surface area contributed by atoms with Gasteiger partial charge in [0.1, 0.15) is 12.3 Å². The molecule has 6 heteroatoms. The Morgan fingerprint density at radius 1 is 1.03 bits per heavy atom. The normalized spacial score (nSPS) is 25.4. The molecule has 0 radical (unpaired) electrons. The quantitative estimate of drug-likeness (QED) is 0.641. The van der Waals surface area contributed by atoms with Gasteiger partial charge in [-0.1, -0.05) is 42.5 Å². The summed E-state index contributed by atoms with van der Waals surface area (Å²) in [6.45, 7) is 1.35. The van der Waals surface area contributed by atoms with Crippen LogP contribution in [0, 0.1) is 11.3 Å². The van der Waals surface area contributed by atoms with E-state index in [0.29, 0.717) is 13.1 Å². The number of nitrogens with zero attached hydrogens (tertiary/aromatic N) is 4. The molecule has 2 aromatic carbocycles. The van der Waals surface area contributed by atoms with Gasteiger partial charge in [-0.3, -0.25) is 4.90 Å². The number of urea groups is 1. The summed E-state index contributed by atoms with van der Waals surface area (Å²) in [6.07, 6.45) is 3.67. The molecule has 0 atom stereocenters. The third-order valence-electron chi connectivity index (χ3n) is 7.50. The van der Waals surface area contributed by atoms with Crippen LogP contribution < -0.4 is 4.74 Å². The maximum Gasteiger partial charge on any atom is 0.321 e. The number of rotatable bonds is 6. The van der Waals surface area contributed by atoms with Gasteiger partial charge in [-0.25, -0.2) is 4.79 Å². The lowest BCUT2D eigenvalue weighted by atomic mass is 9.68. The molecule has 32 heavy (non-hydrogen) atoms. The molecular weight excluding hydrogens is 400 g/mol. The Morgan fingerprint density at radius 3 is 2.25 bits per heavy atom. The summed E-state index contributed by atoms with van der Waals surface area (Å²) in [5.74, 6) is 0.803. The average molecular weight is 433 g/mol. The van der Waals surface area contributed by atoms with Gasteiger partial charge in [-0.15, -0.1) is 0 Å². The number of carbonyl (C=O) groups is 1. The third-order valence-corrected chi connectivity index (χ3v) is 7.50. The fourth-order valence-corrected chi connectivity index (χ4v) is 5.56. The number of hydrogen-bond acceptors (Lipinski definition) is 4. The summed E-state index contributed by atoms with van der Waals surface area (Å²) in [7, 11) is 5.94. The van der Waals surface area contributed by atoms with Crippen LogP contribution in [0.15, 0.2) is 54.6 Å². The smallest absolute Gasteiger partial charge is 0.321 e. The summed E-state index contributed by atoms with van der Waals surface area (Å²) in [5, 5.41) is 9.48. The van der Waals surface area contributed by atoms with E-state index in [1.165, 1.54) is 5.56 Å². The van der Waals surface area contributed by atoms with Crippen LogP contribution in [0.2, 0.25) is 0 Å². The Kier molecular flexibility index (Phi) is 6.12. The molecule has 1 spiro atoms. The van der Waals surface area contributed by atoms with Crippen molar-refractivity contribution in [2.24, 2.45) is 0 Å². The number of nitriles is 1. The fourth-order valence-electron chi connectivity index (χ4n) is 5.56. The van der Waals surface area contributed by atoms with Crippen molar-refractivity contribution in [3.05, 3.63) is 65.7 Å². The van der Waals surface area contributed by atoms with E-state index >= 15 is 0 Å². The second-order valence-corrected chi connectivity index (χ2v) is 9.25. The van der Waals surface area contributed by atoms with Gasteiger partial charge in [-0.05, 0) is 63.0 Å². The number of methoxy groups -OCH3 is 1. The largest absolute Gasteiger partial charge is 0.497 e.